The van der Waals surface area contributed by atoms with Gasteiger partial charge in [0.05, 0.1) is 28.4 Å². The fourth-order valence-corrected chi connectivity index (χ4v) is 4.16. The molecule has 0 unspecified atom stereocenters. The Kier molecular flexibility index (Phi) is 13.8. The van der Waals surface area contributed by atoms with E-state index in [0.29, 0.717) is 30.4 Å². The molecule has 0 spiro atoms. The van der Waals surface area contributed by atoms with Crippen LogP contribution in [0, 0.1) is 0 Å². The Balaban J connectivity index is 1.58. The summed E-state index contributed by atoms with van der Waals surface area (Å²) in [5.41, 5.74) is 0.805. The van der Waals surface area contributed by atoms with Crippen molar-refractivity contribution in [1.29, 1.82) is 0 Å². The molecule has 0 amide bonds. The van der Waals surface area contributed by atoms with Crippen molar-refractivity contribution in [3.63, 3.8) is 0 Å². The fourth-order valence-electron chi connectivity index (χ4n) is 4.16. The Morgan fingerprint density at radius 1 is 0.542 bits per heavy atom. The van der Waals surface area contributed by atoms with E-state index in [-0.39, 0.29) is 29.4 Å². The molecule has 16 heteroatoms. The van der Waals surface area contributed by atoms with E-state index in [4.69, 9.17) is 28.4 Å². The van der Waals surface area contributed by atoms with Gasteiger partial charge in [0.15, 0.2) is 23.0 Å². The lowest BCUT2D eigenvalue weighted by molar-refractivity contribution is -0.152. The summed E-state index contributed by atoms with van der Waals surface area (Å²) in [5.74, 6) is -1.89. The monoisotopic (exact) mass is 672 g/mol. The van der Waals surface area contributed by atoms with Gasteiger partial charge in [0.2, 0.25) is 0 Å². The van der Waals surface area contributed by atoms with Gasteiger partial charge in [0, 0.05) is 18.6 Å². The molecule has 256 valence electrons. The van der Waals surface area contributed by atoms with Crippen LogP contribution >= 0.6 is 0 Å². The van der Waals surface area contributed by atoms with Gasteiger partial charge in [-0.3, -0.25) is 0 Å². The maximum Gasteiger partial charge on any atom is 0.513 e. The first kappa shape index (κ1) is 36.4. The Labute approximate surface area is 274 Å². The van der Waals surface area contributed by atoms with Gasteiger partial charge < -0.3 is 47.4 Å². The Morgan fingerprint density at radius 2 is 0.896 bits per heavy atom. The molecule has 16 nitrogen and oxygen atoms in total. The summed E-state index contributed by atoms with van der Waals surface area (Å²) < 4.78 is 48.8. The van der Waals surface area contributed by atoms with Crippen LogP contribution in [0.4, 0.5) is 19.2 Å². The first-order valence-electron chi connectivity index (χ1n) is 14.1. The lowest BCUT2D eigenvalue weighted by Crippen LogP contribution is -2.30. The van der Waals surface area contributed by atoms with Gasteiger partial charge in [-0.25, -0.2) is 28.8 Å². The molecule has 2 atom stereocenters. The third-order valence-corrected chi connectivity index (χ3v) is 6.34. The smallest absolute Gasteiger partial charge is 0.459 e. The number of esters is 2. The molecule has 0 aromatic heterocycles. The molecular formula is C32H32O16. The van der Waals surface area contributed by atoms with Gasteiger partial charge >= 0.3 is 36.6 Å². The van der Waals surface area contributed by atoms with Crippen molar-refractivity contribution in [3.05, 3.63) is 59.7 Å². The lowest BCUT2D eigenvalue weighted by atomic mass is 9.95. The van der Waals surface area contributed by atoms with Crippen LogP contribution in [0.5, 0.6) is 23.0 Å². The SMILES string of the molecule is COC(=O)Oc1ccc(/C=C/C(=O)O[C@@H]2CCC[C@H](OC(=O)/C=C/c3ccc(OC(=O)OC)c(OC(=O)OC)c3)C2)cc1OC(=O)OC. The summed E-state index contributed by atoms with van der Waals surface area (Å²) in [5, 5.41) is 0. The molecule has 0 radical (unpaired) electrons. The molecule has 1 saturated carbocycles. The van der Waals surface area contributed by atoms with Crippen LogP contribution in [-0.4, -0.2) is 77.2 Å². The van der Waals surface area contributed by atoms with Gasteiger partial charge in [-0.05, 0) is 66.8 Å². The minimum atomic E-state index is -1.06. The molecule has 0 heterocycles. The average molecular weight is 673 g/mol. The van der Waals surface area contributed by atoms with Crippen LogP contribution in [0.3, 0.4) is 0 Å². The number of methoxy groups -OCH3 is 4. The standard InChI is InChI=1S/C32H32O16/c1-39-29(35)45-23-12-8-19(16-25(23)47-31(37)41-3)10-14-27(33)43-21-6-5-7-22(18-21)44-28(34)15-11-20-9-13-24(46-30(36)40-2)26(17-20)48-32(38)42-4/h8-17,21-22H,5-7,18H2,1-4H3/b14-10+,15-11+/t21-,22+. The number of carbonyl (C=O) groups excluding carboxylic acids is 6. The first-order chi connectivity index (χ1) is 23.0. The number of rotatable bonds is 10. The molecule has 48 heavy (non-hydrogen) atoms. The van der Waals surface area contributed by atoms with Crippen molar-refractivity contribution in [2.75, 3.05) is 28.4 Å². The minimum absolute atomic E-state index is 0.120. The third kappa shape index (κ3) is 11.7. The normalized spacial score (nSPS) is 15.5. The predicted octanol–water partition coefficient (Wildman–Crippen LogP) is 5.39. The van der Waals surface area contributed by atoms with Gasteiger partial charge in [-0.15, -0.1) is 0 Å². The van der Waals surface area contributed by atoms with E-state index in [2.05, 4.69) is 18.9 Å². The summed E-state index contributed by atoms with van der Waals surface area (Å²) in [7, 11) is 4.42. The van der Waals surface area contributed by atoms with Crippen LogP contribution in [-0.2, 0) is 38.0 Å². The number of carbonyl (C=O) groups is 6. The number of hydrogen-bond donors (Lipinski definition) is 0. The van der Waals surface area contributed by atoms with Crippen molar-refractivity contribution >= 4 is 48.7 Å². The van der Waals surface area contributed by atoms with E-state index >= 15 is 0 Å². The molecule has 1 aliphatic rings. The number of hydrogen-bond acceptors (Lipinski definition) is 16. The molecule has 0 N–H and O–H groups in total. The summed E-state index contributed by atoms with van der Waals surface area (Å²) in [6.07, 6.45) is 1.90. The molecule has 1 fully saturated rings. The molecule has 1 aliphatic carbocycles. The highest BCUT2D eigenvalue weighted by molar-refractivity contribution is 5.88. The highest BCUT2D eigenvalue weighted by Gasteiger charge is 2.27. The Hall–Kier alpha value is -6.06. The summed E-state index contributed by atoms with van der Waals surface area (Å²) in [6.45, 7) is 0. The fraction of sp³-hybridized carbons (Fsp3) is 0.312. The minimum Gasteiger partial charge on any atom is -0.459 e. The van der Waals surface area contributed by atoms with Crippen molar-refractivity contribution in [2.24, 2.45) is 0 Å². The zero-order chi connectivity index (χ0) is 35.1. The first-order valence-corrected chi connectivity index (χ1v) is 14.1. The van der Waals surface area contributed by atoms with Crippen LogP contribution in [0.15, 0.2) is 48.6 Å². The topological polar surface area (TPSA) is 195 Å². The van der Waals surface area contributed by atoms with Crippen LogP contribution in [0.1, 0.15) is 36.8 Å². The summed E-state index contributed by atoms with van der Waals surface area (Å²) >= 11 is 0. The molecule has 3 rings (SSSR count). The molecule has 0 saturated heterocycles. The van der Waals surface area contributed by atoms with Gasteiger partial charge in [0.25, 0.3) is 0 Å². The van der Waals surface area contributed by atoms with Crippen molar-refractivity contribution < 1.29 is 76.1 Å². The molecular weight excluding hydrogens is 640 g/mol. The van der Waals surface area contributed by atoms with Crippen molar-refractivity contribution in [3.8, 4) is 23.0 Å². The van der Waals surface area contributed by atoms with E-state index in [9.17, 15) is 28.8 Å². The average Bonchev–Trinajstić information content (AvgIpc) is 3.08. The number of ether oxygens (including phenoxy) is 10. The maximum absolute atomic E-state index is 12.6. The third-order valence-electron chi connectivity index (χ3n) is 6.34. The molecule has 0 aliphatic heterocycles. The van der Waals surface area contributed by atoms with E-state index in [1.54, 1.807) is 0 Å². The maximum atomic E-state index is 12.6. The molecule has 2 aromatic rings. The quantitative estimate of drug-likeness (QED) is 0.135. The van der Waals surface area contributed by atoms with Crippen LogP contribution in [0.25, 0.3) is 12.2 Å². The van der Waals surface area contributed by atoms with E-state index in [0.717, 1.165) is 40.6 Å². The zero-order valence-corrected chi connectivity index (χ0v) is 26.3. The van der Waals surface area contributed by atoms with Crippen molar-refractivity contribution in [1.82, 2.24) is 0 Å². The summed E-state index contributed by atoms with van der Waals surface area (Å²) in [4.78, 5) is 71.3. The second-order valence-corrected chi connectivity index (χ2v) is 9.59. The van der Waals surface area contributed by atoms with Gasteiger partial charge in [0.1, 0.15) is 12.2 Å². The highest BCUT2D eigenvalue weighted by Crippen LogP contribution is 2.31. The van der Waals surface area contributed by atoms with Crippen LogP contribution in [0.2, 0.25) is 0 Å². The zero-order valence-electron chi connectivity index (χ0n) is 26.3. The summed E-state index contributed by atoms with van der Waals surface area (Å²) in [6, 6.07) is 8.32. The number of benzene rings is 2. The largest absolute Gasteiger partial charge is 0.513 e. The van der Waals surface area contributed by atoms with Crippen LogP contribution < -0.4 is 18.9 Å². The Morgan fingerprint density at radius 3 is 1.25 bits per heavy atom. The van der Waals surface area contributed by atoms with E-state index in [1.165, 1.54) is 48.6 Å². The predicted molar refractivity (Wildman–Crippen MR) is 161 cm³/mol. The van der Waals surface area contributed by atoms with Gasteiger partial charge in [-0.2, -0.15) is 0 Å². The second-order valence-electron chi connectivity index (χ2n) is 9.59. The second kappa shape index (κ2) is 18.2. The van der Waals surface area contributed by atoms with E-state index < -0.39 is 48.8 Å². The molecule has 2 aromatic carbocycles. The lowest BCUT2D eigenvalue weighted by Gasteiger charge is -2.28. The van der Waals surface area contributed by atoms with E-state index in [1.807, 2.05) is 0 Å². The van der Waals surface area contributed by atoms with Crippen molar-refractivity contribution in [2.45, 2.75) is 37.9 Å². The molecule has 0 bridgehead atoms. The Bertz CT molecular complexity index is 1450. The van der Waals surface area contributed by atoms with Gasteiger partial charge in [-0.1, -0.05) is 12.1 Å². The highest BCUT2D eigenvalue weighted by atomic mass is 16.8.